The zero-order valence-electron chi connectivity index (χ0n) is 14.2. The summed E-state index contributed by atoms with van der Waals surface area (Å²) in [5, 5.41) is 10.9. The van der Waals surface area contributed by atoms with E-state index in [0.29, 0.717) is 6.54 Å². The molecule has 132 valence electrons. The van der Waals surface area contributed by atoms with Gasteiger partial charge in [-0.1, -0.05) is 12.1 Å². The Labute approximate surface area is 160 Å². The number of aliphatic imine (C=N–C) groups is 1. The summed E-state index contributed by atoms with van der Waals surface area (Å²) in [7, 11) is 1.78. The average molecular weight is 443 g/mol. The van der Waals surface area contributed by atoms with Gasteiger partial charge in [-0.15, -0.1) is 24.0 Å². The quantitative estimate of drug-likeness (QED) is 0.285. The number of benzene rings is 1. The third-order valence-electron chi connectivity index (χ3n) is 3.33. The topological polar surface area (TPSA) is 63.5 Å². The first kappa shape index (κ1) is 20.4. The smallest absolute Gasteiger partial charge is 0.191 e. The van der Waals surface area contributed by atoms with Gasteiger partial charge in [0.25, 0.3) is 0 Å². The largest absolute Gasteiger partial charge is 0.382 e. The summed E-state index contributed by atoms with van der Waals surface area (Å²) in [6.07, 6.45) is 4.67. The maximum absolute atomic E-state index is 5.32. The lowest BCUT2D eigenvalue weighted by Gasteiger charge is -2.12. The van der Waals surface area contributed by atoms with Gasteiger partial charge in [0, 0.05) is 45.7 Å². The Morgan fingerprint density at radius 3 is 2.88 bits per heavy atom. The van der Waals surface area contributed by atoms with Crippen LogP contribution in [-0.2, 0) is 11.3 Å². The molecule has 0 aliphatic carbocycles. The number of guanidine groups is 1. The van der Waals surface area contributed by atoms with Crippen LogP contribution < -0.4 is 10.6 Å². The van der Waals surface area contributed by atoms with E-state index in [4.69, 9.17) is 4.74 Å². The van der Waals surface area contributed by atoms with Gasteiger partial charge in [0.15, 0.2) is 5.96 Å². The number of nitrogens with one attached hydrogen (secondary N) is 2. The molecule has 0 atom stereocenters. The maximum atomic E-state index is 5.32. The molecular formula is C17H26IN5O. The SMILES string of the molecule is CCOCCCNC(=NC)NCc1cccc(-n2cccn2)c1.I. The molecule has 0 bridgehead atoms. The number of aromatic nitrogens is 2. The van der Waals surface area contributed by atoms with Crippen molar-refractivity contribution in [3.63, 3.8) is 0 Å². The molecular weight excluding hydrogens is 417 g/mol. The van der Waals surface area contributed by atoms with Gasteiger partial charge in [0.05, 0.1) is 5.69 Å². The molecule has 24 heavy (non-hydrogen) atoms. The lowest BCUT2D eigenvalue weighted by molar-refractivity contribution is 0.145. The van der Waals surface area contributed by atoms with E-state index < -0.39 is 0 Å². The number of rotatable bonds is 8. The summed E-state index contributed by atoms with van der Waals surface area (Å²) in [5.41, 5.74) is 2.23. The lowest BCUT2D eigenvalue weighted by atomic mass is 10.2. The van der Waals surface area contributed by atoms with Gasteiger partial charge in [0.1, 0.15) is 0 Å². The van der Waals surface area contributed by atoms with Crippen molar-refractivity contribution in [3.8, 4) is 5.69 Å². The predicted octanol–water partition coefficient (Wildman–Crippen LogP) is 2.58. The van der Waals surface area contributed by atoms with Crippen molar-refractivity contribution in [2.45, 2.75) is 19.9 Å². The van der Waals surface area contributed by atoms with E-state index in [-0.39, 0.29) is 24.0 Å². The van der Waals surface area contributed by atoms with E-state index in [9.17, 15) is 0 Å². The van der Waals surface area contributed by atoms with Crippen molar-refractivity contribution in [2.24, 2.45) is 4.99 Å². The Hall–Kier alpha value is -1.61. The molecule has 7 heteroatoms. The molecule has 0 aliphatic rings. The van der Waals surface area contributed by atoms with Crippen molar-refractivity contribution < 1.29 is 4.74 Å². The fourth-order valence-electron chi connectivity index (χ4n) is 2.16. The van der Waals surface area contributed by atoms with Gasteiger partial charge in [-0.2, -0.15) is 5.10 Å². The maximum Gasteiger partial charge on any atom is 0.191 e. The third-order valence-corrected chi connectivity index (χ3v) is 3.33. The fourth-order valence-corrected chi connectivity index (χ4v) is 2.16. The molecule has 2 N–H and O–H groups in total. The van der Waals surface area contributed by atoms with Gasteiger partial charge in [-0.05, 0) is 37.1 Å². The van der Waals surface area contributed by atoms with Crippen LogP contribution in [0.5, 0.6) is 0 Å². The van der Waals surface area contributed by atoms with Crippen molar-refractivity contribution in [1.82, 2.24) is 20.4 Å². The molecule has 0 saturated carbocycles. The Kier molecular flexibility index (Phi) is 10.1. The molecule has 6 nitrogen and oxygen atoms in total. The Bertz CT molecular complexity index is 601. The summed E-state index contributed by atoms with van der Waals surface area (Å²) in [6, 6.07) is 10.2. The summed E-state index contributed by atoms with van der Waals surface area (Å²) in [6.45, 7) is 5.09. The van der Waals surface area contributed by atoms with E-state index >= 15 is 0 Å². The van der Waals surface area contributed by atoms with Crippen LogP contribution in [-0.4, -0.2) is 42.5 Å². The van der Waals surface area contributed by atoms with Crippen molar-refractivity contribution in [1.29, 1.82) is 0 Å². The first-order valence-corrected chi connectivity index (χ1v) is 7.94. The minimum Gasteiger partial charge on any atom is -0.382 e. The van der Waals surface area contributed by atoms with Crippen LogP contribution >= 0.6 is 24.0 Å². The highest BCUT2D eigenvalue weighted by Crippen LogP contribution is 2.09. The average Bonchev–Trinajstić information content (AvgIpc) is 3.12. The van der Waals surface area contributed by atoms with Crippen molar-refractivity contribution >= 4 is 29.9 Å². The van der Waals surface area contributed by atoms with Crippen LogP contribution in [0.4, 0.5) is 0 Å². The zero-order chi connectivity index (χ0) is 16.3. The first-order valence-electron chi connectivity index (χ1n) is 7.94. The van der Waals surface area contributed by atoms with Gasteiger partial charge < -0.3 is 15.4 Å². The molecule has 0 aliphatic heterocycles. The number of nitrogens with zero attached hydrogens (tertiary/aromatic N) is 3. The first-order chi connectivity index (χ1) is 11.3. The number of ether oxygens (including phenoxy) is 1. The highest BCUT2D eigenvalue weighted by molar-refractivity contribution is 14.0. The number of hydrogen-bond acceptors (Lipinski definition) is 3. The van der Waals surface area contributed by atoms with E-state index in [1.165, 1.54) is 5.56 Å². The molecule has 0 unspecified atom stereocenters. The number of halogens is 1. The molecule has 1 aromatic heterocycles. The molecule has 1 aromatic carbocycles. The van der Waals surface area contributed by atoms with Crippen LogP contribution in [0.3, 0.4) is 0 Å². The van der Waals surface area contributed by atoms with Gasteiger partial charge in [-0.3, -0.25) is 4.99 Å². The van der Waals surface area contributed by atoms with Crippen LogP contribution in [0.1, 0.15) is 18.9 Å². The second kappa shape index (κ2) is 11.9. The zero-order valence-corrected chi connectivity index (χ0v) is 16.6. The van der Waals surface area contributed by atoms with Crippen LogP contribution in [0, 0.1) is 0 Å². The Balaban J connectivity index is 0.00000288. The van der Waals surface area contributed by atoms with Crippen LogP contribution in [0.2, 0.25) is 0 Å². The molecule has 0 spiro atoms. The number of hydrogen-bond donors (Lipinski definition) is 2. The predicted molar refractivity (Wildman–Crippen MR) is 108 cm³/mol. The summed E-state index contributed by atoms with van der Waals surface area (Å²) in [4.78, 5) is 4.23. The van der Waals surface area contributed by atoms with Crippen LogP contribution in [0.15, 0.2) is 47.7 Å². The molecule has 0 radical (unpaired) electrons. The van der Waals surface area contributed by atoms with E-state index in [1.54, 1.807) is 13.2 Å². The molecule has 0 amide bonds. The third kappa shape index (κ3) is 6.88. The normalized spacial score (nSPS) is 11.0. The van der Waals surface area contributed by atoms with Gasteiger partial charge in [0.2, 0.25) is 0 Å². The second-order valence-corrected chi connectivity index (χ2v) is 5.02. The highest BCUT2D eigenvalue weighted by Gasteiger charge is 2.01. The molecule has 1 heterocycles. The summed E-state index contributed by atoms with van der Waals surface area (Å²) >= 11 is 0. The van der Waals surface area contributed by atoms with Gasteiger partial charge in [-0.25, -0.2) is 4.68 Å². The van der Waals surface area contributed by atoms with Crippen molar-refractivity contribution in [2.75, 3.05) is 26.8 Å². The summed E-state index contributed by atoms with van der Waals surface area (Å²) < 4.78 is 7.17. The summed E-state index contributed by atoms with van der Waals surface area (Å²) in [5.74, 6) is 0.797. The minimum absolute atomic E-state index is 0. The molecule has 0 saturated heterocycles. The molecule has 2 aromatic rings. The highest BCUT2D eigenvalue weighted by atomic mass is 127. The second-order valence-electron chi connectivity index (χ2n) is 5.02. The van der Waals surface area contributed by atoms with Gasteiger partial charge >= 0.3 is 0 Å². The van der Waals surface area contributed by atoms with E-state index in [1.807, 2.05) is 36.0 Å². The standard InChI is InChI=1S/C17H25N5O.HI/c1-3-23-12-6-9-19-17(18-2)20-14-15-7-4-8-16(13-15)22-11-5-10-21-22;/h4-5,7-8,10-11,13H,3,6,9,12,14H2,1-2H3,(H2,18,19,20);1H. The molecule has 0 fully saturated rings. The Morgan fingerprint density at radius 1 is 1.29 bits per heavy atom. The molecule has 2 rings (SSSR count). The van der Waals surface area contributed by atoms with Crippen molar-refractivity contribution in [3.05, 3.63) is 48.3 Å². The van der Waals surface area contributed by atoms with E-state index in [0.717, 1.165) is 37.8 Å². The lowest BCUT2D eigenvalue weighted by Crippen LogP contribution is -2.37. The fraction of sp³-hybridized carbons (Fsp3) is 0.412. The minimum atomic E-state index is 0. The van der Waals surface area contributed by atoms with E-state index in [2.05, 4.69) is 32.9 Å². The monoisotopic (exact) mass is 443 g/mol. The van der Waals surface area contributed by atoms with Crippen LogP contribution in [0.25, 0.3) is 5.69 Å². The Morgan fingerprint density at radius 2 is 2.17 bits per heavy atom.